The number of hydrogen-bond acceptors (Lipinski definition) is 2. The molecule has 5 aliphatic carbocycles. The monoisotopic (exact) mass is 489 g/mol. The Hall–Kier alpha value is -3.34. The number of aromatic nitrogens is 3. The molecular weight excluding hydrogens is 458 g/mol. The van der Waals surface area contributed by atoms with Crippen LogP contribution in [-0.2, 0) is 5.41 Å². The molecule has 2 fully saturated rings. The van der Waals surface area contributed by atoms with Gasteiger partial charge < -0.3 is 0 Å². The summed E-state index contributed by atoms with van der Waals surface area (Å²) in [6, 6.07) is 12.5. The highest BCUT2D eigenvalue weighted by Gasteiger charge is 2.70. The molecule has 0 amide bonds. The first-order valence-electron chi connectivity index (χ1n) is 13.8. The lowest BCUT2D eigenvalue weighted by Gasteiger charge is -2.65. The van der Waals surface area contributed by atoms with Gasteiger partial charge in [0.05, 0.1) is 17.5 Å². The summed E-state index contributed by atoms with van der Waals surface area (Å²) in [4.78, 5) is 28.7. The van der Waals surface area contributed by atoms with Crippen LogP contribution in [-0.4, -0.2) is 13.9 Å². The van der Waals surface area contributed by atoms with Gasteiger partial charge in [-0.15, -0.1) is 0 Å². The molecule has 0 saturated heterocycles. The predicted octanol–water partition coefficient (Wildman–Crippen LogP) is 5.54. The Bertz CT molecular complexity index is 1800. The molecule has 10 rings (SSSR count). The van der Waals surface area contributed by atoms with Gasteiger partial charge in [0.15, 0.2) is 0 Å². The lowest BCUT2D eigenvalue weighted by Crippen LogP contribution is -2.66. The number of rotatable bonds is 1. The van der Waals surface area contributed by atoms with Crippen molar-refractivity contribution in [1.29, 1.82) is 0 Å². The number of benzene rings is 2. The zero-order valence-corrected chi connectivity index (χ0v) is 21.5. The van der Waals surface area contributed by atoms with Crippen LogP contribution in [0.4, 0.5) is 0 Å². The van der Waals surface area contributed by atoms with Crippen LogP contribution in [0, 0.1) is 22.2 Å². The van der Waals surface area contributed by atoms with Crippen molar-refractivity contribution in [2.45, 2.75) is 63.6 Å². The Balaban J connectivity index is 1.33. The molecule has 37 heavy (non-hydrogen) atoms. The Morgan fingerprint density at radius 2 is 1.62 bits per heavy atom. The van der Waals surface area contributed by atoms with E-state index < -0.39 is 0 Å². The number of allylic oxidation sites excluding steroid dienone is 5. The second-order valence-corrected chi connectivity index (χ2v) is 13.2. The van der Waals surface area contributed by atoms with Crippen LogP contribution in [0.25, 0.3) is 16.8 Å². The van der Waals surface area contributed by atoms with E-state index in [0.717, 1.165) is 12.8 Å². The molecule has 3 heterocycles. The van der Waals surface area contributed by atoms with Crippen molar-refractivity contribution in [1.82, 2.24) is 13.9 Å². The van der Waals surface area contributed by atoms with Crippen LogP contribution in [0.15, 0.2) is 76.4 Å². The summed E-state index contributed by atoms with van der Waals surface area (Å²) in [7, 11) is 0. The fraction of sp³-hybridized carbons (Fsp3) is 0.438. The van der Waals surface area contributed by atoms with Crippen molar-refractivity contribution in [2.75, 3.05) is 0 Å². The standard InChI is InChI=1S/C32H31N3O2/c1-29(2)21-13-14-30(29,3)25(18-21)33-27(36)34-23-10-11-24(35(34)28(33)37)32-17-16-31(23,32)15-12-20-9-8-19-6-4-5-7-22(19)26(20)32/h4-12,15-17,21,23-25H,13-14,18H2,1-3H3/t21-,23-,24-,25+,30-,31+,32+/m0/s1. The van der Waals surface area contributed by atoms with E-state index in [1.165, 1.54) is 28.3 Å². The molecule has 0 unspecified atom stereocenters. The minimum absolute atomic E-state index is 0.0439. The third kappa shape index (κ3) is 1.85. The summed E-state index contributed by atoms with van der Waals surface area (Å²) in [5.41, 5.74) is 1.61. The number of fused-ring (bicyclic) bond motifs is 5. The molecule has 0 spiro atoms. The molecule has 7 aliphatic rings. The van der Waals surface area contributed by atoms with Gasteiger partial charge >= 0.3 is 11.4 Å². The zero-order chi connectivity index (χ0) is 25.1. The molecule has 2 aliphatic heterocycles. The van der Waals surface area contributed by atoms with Gasteiger partial charge in [0.25, 0.3) is 0 Å². The second-order valence-electron chi connectivity index (χ2n) is 13.2. The Kier molecular flexibility index (Phi) is 3.28. The fourth-order valence-corrected chi connectivity index (χ4v) is 9.90. The predicted molar refractivity (Wildman–Crippen MR) is 145 cm³/mol. The van der Waals surface area contributed by atoms with E-state index in [2.05, 4.69) is 93.6 Å². The SMILES string of the molecule is CC1(C)[C@H]2CC[C@@]1(C)[C@H](n1c(=O)n3n(c1=O)[C@H]1C=C[C@H]3[C@]34C=Cc5ccc6ccccc6c5[C@@]13C=C4)C2. The first-order valence-corrected chi connectivity index (χ1v) is 13.8. The first kappa shape index (κ1) is 20.7. The average molecular weight is 490 g/mol. The molecule has 2 saturated carbocycles. The third-order valence-electron chi connectivity index (χ3n) is 12.3. The van der Waals surface area contributed by atoms with E-state index in [4.69, 9.17) is 0 Å². The van der Waals surface area contributed by atoms with Gasteiger partial charge in [-0.25, -0.2) is 23.5 Å². The summed E-state index contributed by atoms with van der Waals surface area (Å²) in [6.45, 7) is 7.01. The van der Waals surface area contributed by atoms with Crippen LogP contribution >= 0.6 is 0 Å². The highest BCUT2D eigenvalue weighted by atomic mass is 16.2. The number of hydrogen-bond donors (Lipinski definition) is 0. The quantitative estimate of drug-likeness (QED) is 0.422. The second kappa shape index (κ2) is 5.87. The highest BCUT2D eigenvalue weighted by molar-refractivity contribution is 5.93. The molecule has 7 atom stereocenters. The normalized spacial score (nSPS) is 40.4. The fourth-order valence-electron chi connectivity index (χ4n) is 9.90. The minimum Gasteiger partial charge on any atom is -0.246 e. The van der Waals surface area contributed by atoms with E-state index in [1.54, 1.807) is 4.57 Å². The molecule has 1 aromatic heterocycles. The number of nitrogens with zero attached hydrogens (tertiary/aromatic N) is 3. The molecule has 3 aromatic rings. The van der Waals surface area contributed by atoms with Crippen LogP contribution in [0.1, 0.15) is 69.3 Å². The van der Waals surface area contributed by atoms with Crippen LogP contribution in [0.5, 0.6) is 0 Å². The van der Waals surface area contributed by atoms with E-state index in [9.17, 15) is 9.59 Å². The summed E-state index contributed by atoms with van der Waals surface area (Å²) >= 11 is 0. The van der Waals surface area contributed by atoms with Gasteiger partial charge in [0, 0.05) is 11.5 Å². The molecule has 0 N–H and O–H groups in total. The Morgan fingerprint density at radius 1 is 0.865 bits per heavy atom. The van der Waals surface area contributed by atoms with Gasteiger partial charge in [0.2, 0.25) is 0 Å². The molecule has 4 bridgehead atoms. The lowest BCUT2D eigenvalue weighted by atomic mass is 9.42. The summed E-state index contributed by atoms with van der Waals surface area (Å²) < 4.78 is 5.32. The first-order chi connectivity index (χ1) is 17.8. The maximum Gasteiger partial charge on any atom is 0.348 e. The lowest BCUT2D eigenvalue weighted by molar-refractivity contribution is 0.0448. The maximum absolute atomic E-state index is 14.4. The minimum atomic E-state index is -0.377. The van der Waals surface area contributed by atoms with Crippen molar-refractivity contribution < 1.29 is 0 Å². The Labute approximate surface area is 215 Å². The van der Waals surface area contributed by atoms with Gasteiger partial charge in [0.1, 0.15) is 0 Å². The van der Waals surface area contributed by atoms with Crippen molar-refractivity contribution >= 4 is 16.8 Å². The van der Waals surface area contributed by atoms with E-state index in [1.807, 2.05) is 9.36 Å². The van der Waals surface area contributed by atoms with Crippen molar-refractivity contribution in [3.63, 3.8) is 0 Å². The zero-order valence-electron chi connectivity index (χ0n) is 21.5. The summed E-state index contributed by atoms with van der Waals surface area (Å²) in [6.07, 6.45) is 16.7. The molecule has 0 radical (unpaired) electrons. The molecular formula is C32H31N3O2. The third-order valence-corrected chi connectivity index (χ3v) is 12.3. The van der Waals surface area contributed by atoms with Gasteiger partial charge in [-0.1, -0.05) is 93.6 Å². The highest BCUT2D eigenvalue weighted by Crippen LogP contribution is 2.72. The van der Waals surface area contributed by atoms with Gasteiger partial charge in [-0.05, 0) is 57.9 Å². The summed E-state index contributed by atoms with van der Waals surface area (Å²) in [5.74, 6) is 0.560. The topological polar surface area (TPSA) is 48.9 Å². The molecule has 186 valence electrons. The van der Waals surface area contributed by atoms with Gasteiger partial charge in [-0.3, -0.25) is 0 Å². The maximum atomic E-state index is 14.4. The summed E-state index contributed by atoms with van der Waals surface area (Å²) in [5, 5.41) is 2.45. The van der Waals surface area contributed by atoms with Crippen molar-refractivity contribution in [3.8, 4) is 0 Å². The molecule has 2 aromatic carbocycles. The van der Waals surface area contributed by atoms with Crippen LogP contribution in [0.3, 0.4) is 0 Å². The van der Waals surface area contributed by atoms with E-state index >= 15 is 0 Å². The van der Waals surface area contributed by atoms with E-state index in [-0.39, 0.29) is 51.2 Å². The van der Waals surface area contributed by atoms with Crippen LogP contribution < -0.4 is 11.4 Å². The largest absolute Gasteiger partial charge is 0.348 e. The van der Waals surface area contributed by atoms with Gasteiger partial charge in [-0.2, -0.15) is 0 Å². The van der Waals surface area contributed by atoms with E-state index in [0.29, 0.717) is 5.92 Å². The smallest absolute Gasteiger partial charge is 0.246 e. The average Bonchev–Trinajstić information content (AvgIpc) is 3.36. The molecule has 5 nitrogen and oxygen atoms in total. The van der Waals surface area contributed by atoms with Crippen LogP contribution in [0.2, 0.25) is 0 Å². The molecule has 5 heteroatoms. The van der Waals surface area contributed by atoms with Crippen molar-refractivity contribution in [3.05, 3.63) is 98.9 Å². The Morgan fingerprint density at radius 3 is 2.32 bits per heavy atom. The van der Waals surface area contributed by atoms with Crippen molar-refractivity contribution in [2.24, 2.45) is 22.2 Å².